The summed E-state index contributed by atoms with van der Waals surface area (Å²) >= 11 is 2.87. The molecule has 0 aliphatic rings. The highest BCUT2D eigenvalue weighted by atomic mass is 32.1. The van der Waals surface area contributed by atoms with Crippen molar-refractivity contribution in [3.63, 3.8) is 0 Å². The first-order valence-corrected chi connectivity index (χ1v) is 9.50. The van der Waals surface area contributed by atoms with Crippen LogP contribution >= 0.6 is 22.7 Å². The van der Waals surface area contributed by atoms with Crippen LogP contribution in [0.2, 0.25) is 0 Å². The number of hydrogen-bond donors (Lipinski definition) is 1. The SMILES string of the molecule is Cc1ccc2nc(NC(=O)COC(=O)Cc3cn4ccsc4n3)sc2c1. The number of amides is 1. The first kappa shape index (κ1) is 16.7. The highest BCUT2D eigenvalue weighted by Gasteiger charge is 2.13. The quantitative estimate of drug-likeness (QED) is 0.533. The summed E-state index contributed by atoms with van der Waals surface area (Å²) in [5, 5.41) is 5.06. The average Bonchev–Trinajstić information content (AvgIpc) is 3.26. The summed E-state index contributed by atoms with van der Waals surface area (Å²) in [6.45, 7) is 1.65. The topological polar surface area (TPSA) is 85.6 Å². The highest BCUT2D eigenvalue weighted by Crippen LogP contribution is 2.26. The van der Waals surface area contributed by atoms with E-state index in [9.17, 15) is 9.59 Å². The van der Waals surface area contributed by atoms with Crippen LogP contribution in [-0.4, -0.2) is 32.9 Å². The number of carbonyl (C=O) groups is 2. The van der Waals surface area contributed by atoms with Gasteiger partial charge in [-0.05, 0) is 24.6 Å². The number of nitrogens with zero attached hydrogens (tertiary/aromatic N) is 3. The molecule has 0 fully saturated rings. The number of fused-ring (bicyclic) bond motifs is 2. The zero-order valence-electron chi connectivity index (χ0n) is 13.8. The number of hydrogen-bond acceptors (Lipinski definition) is 7. The average molecular weight is 386 g/mol. The summed E-state index contributed by atoms with van der Waals surface area (Å²) in [7, 11) is 0. The van der Waals surface area contributed by atoms with Crippen LogP contribution < -0.4 is 5.32 Å². The second-order valence-corrected chi connectivity index (χ2v) is 7.60. The molecule has 0 atom stereocenters. The van der Waals surface area contributed by atoms with Gasteiger partial charge in [0, 0.05) is 17.8 Å². The van der Waals surface area contributed by atoms with Crippen LogP contribution in [0.4, 0.5) is 5.13 Å². The molecule has 0 bridgehead atoms. The van der Waals surface area contributed by atoms with Crippen LogP contribution in [0.25, 0.3) is 15.2 Å². The Morgan fingerprint density at radius 2 is 2.19 bits per heavy atom. The Hall–Kier alpha value is -2.78. The van der Waals surface area contributed by atoms with E-state index in [1.165, 1.54) is 22.7 Å². The molecule has 0 aliphatic heterocycles. The molecule has 26 heavy (non-hydrogen) atoms. The number of anilines is 1. The van der Waals surface area contributed by atoms with Gasteiger partial charge in [0.15, 0.2) is 16.7 Å². The number of rotatable bonds is 5. The number of ether oxygens (including phenoxy) is 1. The molecule has 0 aliphatic carbocycles. The lowest BCUT2D eigenvalue weighted by atomic mass is 10.2. The van der Waals surface area contributed by atoms with Crippen molar-refractivity contribution in [2.45, 2.75) is 13.3 Å². The summed E-state index contributed by atoms with van der Waals surface area (Å²) in [5.41, 5.74) is 2.57. The summed E-state index contributed by atoms with van der Waals surface area (Å²) in [4.78, 5) is 33.3. The number of imidazole rings is 1. The molecule has 1 N–H and O–H groups in total. The smallest absolute Gasteiger partial charge is 0.312 e. The molecule has 0 saturated heterocycles. The van der Waals surface area contributed by atoms with Crippen molar-refractivity contribution in [3.05, 3.63) is 47.2 Å². The molecule has 9 heteroatoms. The van der Waals surface area contributed by atoms with E-state index < -0.39 is 11.9 Å². The fraction of sp³-hybridized carbons (Fsp3) is 0.176. The van der Waals surface area contributed by atoms with Crippen LogP contribution in [-0.2, 0) is 20.7 Å². The number of carbonyl (C=O) groups excluding carboxylic acids is 2. The third kappa shape index (κ3) is 3.58. The van der Waals surface area contributed by atoms with Gasteiger partial charge in [0.25, 0.3) is 5.91 Å². The lowest BCUT2D eigenvalue weighted by Gasteiger charge is -2.03. The predicted molar refractivity (Wildman–Crippen MR) is 101 cm³/mol. The van der Waals surface area contributed by atoms with E-state index in [2.05, 4.69) is 15.3 Å². The van der Waals surface area contributed by atoms with Crippen molar-refractivity contribution in [2.24, 2.45) is 0 Å². The number of aryl methyl sites for hydroxylation is 1. The van der Waals surface area contributed by atoms with Gasteiger partial charge in [-0.2, -0.15) is 0 Å². The maximum absolute atomic E-state index is 12.0. The van der Waals surface area contributed by atoms with Crippen molar-refractivity contribution >= 4 is 54.9 Å². The zero-order valence-corrected chi connectivity index (χ0v) is 15.4. The first-order valence-electron chi connectivity index (χ1n) is 7.80. The Morgan fingerprint density at radius 3 is 3.04 bits per heavy atom. The van der Waals surface area contributed by atoms with Gasteiger partial charge in [-0.1, -0.05) is 17.4 Å². The fourth-order valence-corrected chi connectivity index (χ4v) is 4.15. The zero-order chi connectivity index (χ0) is 18.1. The largest absolute Gasteiger partial charge is 0.455 e. The third-order valence-electron chi connectivity index (χ3n) is 3.62. The van der Waals surface area contributed by atoms with Gasteiger partial charge in [-0.3, -0.25) is 19.3 Å². The molecule has 4 rings (SSSR count). The molecule has 3 heterocycles. The Balaban J connectivity index is 1.31. The van der Waals surface area contributed by atoms with E-state index in [1.807, 2.05) is 41.1 Å². The minimum atomic E-state index is -0.495. The van der Waals surface area contributed by atoms with Gasteiger partial charge >= 0.3 is 5.97 Å². The van der Waals surface area contributed by atoms with Crippen molar-refractivity contribution in [2.75, 3.05) is 11.9 Å². The number of thiazole rings is 2. The lowest BCUT2D eigenvalue weighted by molar-refractivity contribution is -0.146. The number of benzene rings is 1. The van der Waals surface area contributed by atoms with Crippen LogP contribution in [0, 0.1) is 6.92 Å². The van der Waals surface area contributed by atoms with E-state index >= 15 is 0 Å². The highest BCUT2D eigenvalue weighted by molar-refractivity contribution is 7.22. The molecular weight excluding hydrogens is 372 g/mol. The second kappa shape index (κ2) is 6.85. The monoisotopic (exact) mass is 386 g/mol. The molecule has 3 aromatic heterocycles. The molecule has 0 radical (unpaired) electrons. The van der Waals surface area contributed by atoms with Gasteiger partial charge in [-0.25, -0.2) is 9.97 Å². The summed E-state index contributed by atoms with van der Waals surface area (Å²) in [6.07, 6.45) is 3.67. The maximum Gasteiger partial charge on any atom is 0.312 e. The van der Waals surface area contributed by atoms with Crippen LogP contribution in [0.1, 0.15) is 11.3 Å². The minimum Gasteiger partial charge on any atom is -0.455 e. The molecule has 0 saturated carbocycles. The third-order valence-corrected chi connectivity index (χ3v) is 5.33. The lowest BCUT2D eigenvalue weighted by Crippen LogP contribution is -2.21. The van der Waals surface area contributed by atoms with Crippen molar-refractivity contribution in [3.8, 4) is 0 Å². The summed E-state index contributed by atoms with van der Waals surface area (Å²) in [6, 6.07) is 5.89. The van der Waals surface area contributed by atoms with Gasteiger partial charge in [-0.15, -0.1) is 11.3 Å². The molecular formula is C17H14N4O3S2. The molecule has 4 aromatic rings. The van der Waals surface area contributed by atoms with E-state index in [1.54, 1.807) is 6.20 Å². The molecule has 1 aromatic carbocycles. The van der Waals surface area contributed by atoms with E-state index in [-0.39, 0.29) is 13.0 Å². The minimum absolute atomic E-state index is 0.0299. The standard InChI is InChI=1S/C17H14N4O3S2/c1-10-2-3-12-13(6-10)26-16(19-12)20-14(22)9-24-15(23)7-11-8-21-4-5-25-17(21)18-11/h2-6,8H,7,9H2,1H3,(H,19,20,22). The van der Waals surface area contributed by atoms with Crippen molar-refractivity contribution in [1.82, 2.24) is 14.4 Å². The van der Waals surface area contributed by atoms with Crippen LogP contribution in [0.3, 0.4) is 0 Å². The van der Waals surface area contributed by atoms with E-state index in [4.69, 9.17) is 4.74 Å². The molecule has 0 spiro atoms. The van der Waals surface area contributed by atoms with E-state index in [0.29, 0.717) is 10.8 Å². The van der Waals surface area contributed by atoms with E-state index in [0.717, 1.165) is 20.7 Å². The molecule has 1 amide bonds. The number of esters is 1. The molecule has 132 valence electrons. The van der Waals surface area contributed by atoms with Crippen LogP contribution in [0.15, 0.2) is 36.0 Å². The Morgan fingerprint density at radius 1 is 1.31 bits per heavy atom. The van der Waals surface area contributed by atoms with Gasteiger partial charge < -0.3 is 4.74 Å². The Labute approximate surface area is 156 Å². The molecule has 7 nitrogen and oxygen atoms in total. The Bertz CT molecular complexity index is 1080. The first-order chi connectivity index (χ1) is 12.6. The Kier molecular flexibility index (Phi) is 4.39. The summed E-state index contributed by atoms with van der Waals surface area (Å²) in [5.74, 6) is -0.911. The van der Waals surface area contributed by atoms with Crippen LogP contribution in [0.5, 0.6) is 0 Å². The number of aromatic nitrogens is 3. The van der Waals surface area contributed by atoms with Crippen molar-refractivity contribution in [1.29, 1.82) is 0 Å². The van der Waals surface area contributed by atoms with Gasteiger partial charge in [0.05, 0.1) is 22.3 Å². The predicted octanol–water partition coefficient (Wildman–Crippen LogP) is 3.04. The molecule has 0 unspecified atom stereocenters. The van der Waals surface area contributed by atoms with Gasteiger partial charge in [0.2, 0.25) is 0 Å². The normalized spacial score (nSPS) is 11.1. The number of nitrogens with one attached hydrogen (secondary N) is 1. The second-order valence-electron chi connectivity index (χ2n) is 5.70. The maximum atomic E-state index is 12.0. The van der Waals surface area contributed by atoms with Crippen molar-refractivity contribution < 1.29 is 14.3 Å². The van der Waals surface area contributed by atoms with Gasteiger partial charge in [0.1, 0.15) is 0 Å². The summed E-state index contributed by atoms with van der Waals surface area (Å²) < 4.78 is 7.87. The fourth-order valence-electron chi connectivity index (χ4n) is 2.45.